The number of aromatic amines is 1. The van der Waals surface area contributed by atoms with Crippen LogP contribution < -0.4 is 10.2 Å². The maximum absolute atomic E-state index is 12.1. The van der Waals surface area contributed by atoms with Gasteiger partial charge in [-0.25, -0.2) is 9.97 Å². The van der Waals surface area contributed by atoms with E-state index < -0.39 is 0 Å². The molecule has 1 fully saturated rings. The molecule has 2 aromatic heterocycles. The number of H-pyrrole nitrogens is 1. The molecule has 0 radical (unpaired) electrons. The summed E-state index contributed by atoms with van der Waals surface area (Å²) < 4.78 is 0. The summed E-state index contributed by atoms with van der Waals surface area (Å²) in [5.74, 6) is 2.05. The van der Waals surface area contributed by atoms with E-state index in [1.54, 1.807) is 24.7 Å². The van der Waals surface area contributed by atoms with Crippen LogP contribution in [0.15, 0.2) is 55.0 Å². The second-order valence-corrected chi connectivity index (χ2v) is 7.60. The predicted molar refractivity (Wildman–Crippen MR) is 114 cm³/mol. The van der Waals surface area contributed by atoms with Crippen molar-refractivity contribution in [1.29, 1.82) is 5.26 Å². The molecule has 7 heteroatoms. The van der Waals surface area contributed by atoms with Gasteiger partial charge >= 0.3 is 0 Å². The summed E-state index contributed by atoms with van der Waals surface area (Å²) in [6.07, 6.45) is 7.57. The van der Waals surface area contributed by atoms with Gasteiger partial charge in [0, 0.05) is 31.7 Å². The minimum Gasteiger partial charge on any atom is -0.355 e. The molecule has 4 rings (SSSR count). The summed E-state index contributed by atoms with van der Waals surface area (Å²) in [7, 11) is 0. The second kappa shape index (κ2) is 9.23. The average molecular weight is 400 g/mol. The van der Waals surface area contributed by atoms with Crippen molar-refractivity contribution in [3.8, 4) is 6.07 Å². The smallest absolute Gasteiger partial charge is 0.224 e. The van der Waals surface area contributed by atoms with Gasteiger partial charge in [-0.3, -0.25) is 4.79 Å². The standard InChI is InChI=1S/C23H24N6O/c24-14-20-2-1-8-27-23(20)29-11-7-19(16-29)12-17-3-5-18(6-4-17)13-22(30)28-15-21-25-9-10-26-21/h1-6,8-10,19H,7,11-13,15-16H2,(H,25,26)(H,28,30). The Labute approximate surface area is 175 Å². The highest BCUT2D eigenvalue weighted by Crippen LogP contribution is 2.27. The van der Waals surface area contributed by atoms with Crippen LogP contribution in [0.5, 0.6) is 0 Å². The molecule has 1 aliphatic rings. The van der Waals surface area contributed by atoms with Crippen molar-refractivity contribution >= 4 is 11.7 Å². The topological polar surface area (TPSA) is 97.7 Å². The lowest BCUT2D eigenvalue weighted by atomic mass is 9.97. The molecular weight excluding hydrogens is 376 g/mol. The number of nitriles is 1. The van der Waals surface area contributed by atoms with Crippen molar-refractivity contribution in [2.45, 2.75) is 25.8 Å². The van der Waals surface area contributed by atoms with Gasteiger partial charge in [-0.1, -0.05) is 24.3 Å². The van der Waals surface area contributed by atoms with Crippen molar-refractivity contribution < 1.29 is 4.79 Å². The van der Waals surface area contributed by atoms with Crippen molar-refractivity contribution in [1.82, 2.24) is 20.3 Å². The van der Waals surface area contributed by atoms with Crippen LogP contribution in [0.2, 0.25) is 0 Å². The third-order valence-electron chi connectivity index (χ3n) is 5.41. The molecule has 0 spiro atoms. The Morgan fingerprint density at radius 1 is 1.20 bits per heavy atom. The summed E-state index contributed by atoms with van der Waals surface area (Å²) in [6, 6.07) is 14.1. The first-order valence-electron chi connectivity index (χ1n) is 10.1. The summed E-state index contributed by atoms with van der Waals surface area (Å²) in [5, 5.41) is 12.2. The lowest BCUT2D eigenvalue weighted by Gasteiger charge is -2.18. The summed E-state index contributed by atoms with van der Waals surface area (Å²) in [6.45, 7) is 2.23. The van der Waals surface area contributed by atoms with E-state index in [1.165, 1.54) is 5.56 Å². The number of amides is 1. The number of nitrogens with one attached hydrogen (secondary N) is 2. The molecule has 3 heterocycles. The maximum Gasteiger partial charge on any atom is 0.224 e. The summed E-state index contributed by atoms with van der Waals surface area (Å²) in [5.41, 5.74) is 2.90. The van der Waals surface area contributed by atoms with Crippen LogP contribution in [0.4, 0.5) is 5.82 Å². The third kappa shape index (κ3) is 4.84. The Morgan fingerprint density at radius 3 is 2.80 bits per heavy atom. The van der Waals surface area contributed by atoms with Gasteiger partial charge in [0.25, 0.3) is 0 Å². The van der Waals surface area contributed by atoms with E-state index in [4.69, 9.17) is 0 Å². The van der Waals surface area contributed by atoms with Crippen LogP contribution in [-0.4, -0.2) is 33.9 Å². The minimum absolute atomic E-state index is 0.0192. The van der Waals surface area contributed by atoms with Gasteiger partial charge in [-0.2, -0.15) is 5.26 Å². The van der Waals surface area contributed by atoms with Gasteiger partial charge in [-0.15, -0.1) is 0 Å². The number of carbonyl (C=O) groups is 1. The van der Waals surface area contributed by atoms with Crippen LogP contribution in [0.25, 0.3) is 0 Å². The summed E-state index contributed by atoms with van der Waals surface area (Å²) in [4.78, 5) is 25.8. The molecule has 1 aromatic carbocycles. The first-order valence-corrected chi connectivity index (χ1v) is 10.1. The second-order valence-electron chi connectivity index (χ2n) is 7.60. The van der Waals surface area contributed by atoms with Crippen molar-refractivity contribution in [3.05, 3.63) is 77.5 Å². The molecule has 0 bridgehead atoms. The van der Waals surface area contributed by atoms with Crippen LogP contribution >= 0.6 is 0 Å². The van der Waals surface area contributed by atoms with Gasteiger partial charge in [-0.05, 0) is 42.0 Å². The lowest BCUT2D eigenvalue weighted by Crippen LogP contribution is -2.25. The monoisotopic (exact) mass is 400 g/mol. The normalized spacial score (nSPS) is 15.7. The van der Waals surface area contributed by atoms with Gasteiger partial charge in [0.2, 0.25) is 5.91 Å². The molecule has 0 saturated carbocycles. The Bertz CT molecular complexity index is 1020. The van der Waals surface area contributed by atoms with E-state index in [2.05, 4.69) is 43.4 Å². The van der Waals surface area contributed by atoms with Crippen molar-refractivity contribution in [3.63, 3.8) is 0 Å². The number of hydrogen-bond acceptors (Lipinski definition) is 5. The molecule has 1 atom stereocenters. The number of pyridine rings is 1. The number of hydrogen-bond donors (Lipinski definition) is 2. The lowest BCUT2D eigenvalue weighted by molar-refractivity contribution is -0.120. The molecule has 152 valence electrons. The van der Waals surface area contributed by atoms with E-state index in [1.807, 2.05) is 18.2 Å². The zero-order valence-electron chi connectivity index (χ0n) is 16.7. The predicted octanol–water partition coefficient (Wildman–Crippen LogP) is 2.60. The molecule has 1 amide bonds. The average Bonchev–Trinajstić information content (AvgIpc) is 3.46. The van der Waals surface area contributed by atoms with Crippen molar-refractivity contribution in [2.75, 3.05) is 18.0 Å². The van der Waals surface area contributed by atoms with E-state index in [0.29, 0.717) is 24.4 Å². The van der Waals surface area contributed by atoms with Gasteiger partial charge in [0.15, 0.2) is 0 Å². The largest absolute Gasteiger partial charge is 0.355 e. The number of nitrogens with zero attached hydrogens (tertiary/aromatic N) is 4. The van der Waals surface area contributed by atoms with Gasteiger partial charge in [0.05, 0.1) is 18.5 Å². The van der Waals surface area contributed by atoms with E-state index in [-0.39, 0.29) is 5.91 Å². The molecule has 30 heavy (non-hydrogen) atoms. The molecule has 3 aromatic rings. The Hall–Kier alpha value is -3.66. The fourth-order valence-corrected chi connectivity index (χ4v) is 3.88. The van der Waals surface area contributed by atoms with Crippen LogP contribution in [0, 0.1) is 17.2 Å². The zero-order valence-corrected chi connectivity index (χ0v) is 16.7. The molecule has 1 saturated heterocycles. The highest BCUT2D eigenvalue weighted by molar-refractivity contribution is 5.78. The molecular formula is C23H24N6O. The summed E-state index contributed by atoms with van der Waals surface area (Å²) >= 11 is 0. The SMILES string of the molecule is N#Cc1cccnc1N1CCC(Cc2ccc(CC(=O)NCc3ncc[nH]3)cc2)C1. The Balaban J connectivity index is 1.28. The molecule has 7 nitrogen and oxygen atoms in total. The number of benzene rings is 1. The van der Waals surface area contributed by atoms with E-state index in [0.717, 1.165) is 43.1 Å². The van der Waals surface area contributed by atoms with Crippen LogP contribution in [0.3, 0.4) is 0 Å². The highest BCUT2D eigenvalue weighted by atomic mass is 16.1. The molecule has 0 aliphatic carbocycles. The fraction of sp³-hybridized carbons (Fsp3) is 0.304. The number of rotatable bonds is 7. The Kier molecular flexibility index (Phi) is 6.04. The van der Waals surface area contributed by atoms with Crippen LogP contribution in [0.1, 0.15) is 28.9 Å². The number of anilines is 1. The number of imidazole rings is 1. The Morgan fingerprint density at radius 2 is 2.03 bits per heavy atom. The van der Waals surface area contributed by atoms with Gasteiger partial charge < -0.3 is 15.2 Å². The molecule has 1 aliphatic heterocycles. The molecule has 1 unspecified atom stereocenters. The number of carbonyl (C=O) groups excluding carboxylic acids is 1. The van der Waals surface area contributed by atoms with E-state index >= 15 is 0 Å². The quantitative estimate of drug-likeness (QED) is 0.635. The van der Waals surface area contributed by atoms with Gasteiger partial charge in [0.1, 0.15) is 17.7 Å². The van der Waals surface area contributed by atoms with Crippen molar-refractivity contribution in [2.24, 2.45) is 5.92 Å². The highest BCUT2D eigenvalue weighted by Gasteiger charge is 2.25. The van der Waals surface area contributed by atoms with Crippen LogP contribution in [-0.2, 0) is 24.2 Å². The first-order chi connectivity index (χ1) is 14.7. The maximum atomic E-state index is 12.1. The first kappa shape index (κ1) is 19.6. The molecule has 2 N–H and O–H groups in total. The third-order valence-corrected chi connectivity index (χ3v) is 5.41. The zero-order chi connectivity index (χ0) is 20.8. The fourth-order valence-electron chi connectivity index (χ4n) is 3.88. The number of aromatic nitrogens is 3. The van der Waals surface area contributed by atoms with E-state index in [9.17, 15) is 10.1 Å². The minimum atomic E-state index is -0.0192.